The largest absolute Gasteiger partial charge is 0.326 e. The van der Waals surface area contributed by atoms with E-state index >= 15 is 0 Å². The highest BCUT2D eigenvalue weighted by atomic mass is 32.1. The molecule has 0 spiro atoms. The maximum atomic E-state index is 5.62. The summed E-state index contributed by atoms with van der Waals surface area (Å²) in [5.41, 5.74) is 8.33. The highest BCUT2D eigenvalue weighted by Crippen LogP contribution is 2.28. The molecule has 16 heavy (non-hydrogen) atoms. The molecule has 0 bridgehead atoms. The quantitative estimate of drug-likeness (QED) is 0.850. The molecule has 2 aromatic rings. The van der Waals surface area contributed by atoms with Crippen LogP contribution in [0.5, 0.6) is 0 Å². The van der Waals surface area contributed by atoms with Crippen molar-refractivity contribution in [3.63, 3.8) is 0 Å². The van der Waals surface area contributed by atoms with Gasteiger partial charge in [0, 0.05) is 16.3 Å². The molecule has 0 amide bonds. The minimum Gasteiger partial charge on any atom is -0.326 e. The first-order valence-electron chi connectivity index (χ1n) is 5.71. The second kappa shape index (κ2) is 5.28. The molecule has 0 aliphatic carbocycles. The standard InChI is InChI=1S/C14H17NS/c1-2-3-11-4-6-12(7-5-11)14-9-8-13(10-15)16-14/h4-9H,2-3,10,15H2,1H3. The van der Waals surface area contributed by atoms with Crippen molar-refractivity contribution in [1.82, 2.24) is 0 Å². The van der Waals surface area contributed by atoms with E-state index in [1.165, 1.54) is 33.7 Å². The van der Waals surface area contributed by atoms with Crippen molar-refractivity contribution in [3.05, 3.63) is 46.8 Å². The van der Waals surface area contributed by atoms with Crippen LogP contribution in [0.1, 0.15) is 23.8 Å². The molecule has 0 unspecified atom stereocenters. The molecular formula is C14H17NS. The second-order valence-electron chi connectivity index (χ2n) is 3.92. The van der Waals surface area contributed by atoms with E-state index in [-0.39, 0.29) is 0 Å². The Kier molecular flexibility index (Phi) is 3.75. The van der Waals surface area contributed by atoms with E-state index in [2.05, 4.69) is 43.3 Å². The van der Waals surface area contributed by atoms with Crippen LogP contribution in [0, 0.1) is 0 Å². The molecule has 84 valence electrons. The van der Waals surface area contributed by atoms with E-state index in [1.54, 1.807) is 11.3 Å². The van der Waals surface area contributed by atoms with E-state index in [0.29, 0.717) is 6.54 Å². The van der Waals surface area contributed by atoms with Gasteiger partial charge in [0.15, 0.2) is 0 Å². The summed E-state index contributed by atoms with van der Waals surface area (Å²) >= 11 is 1.78. The molecule has 0 atom stereocenters. The van der Waals surface area contributed by atoms with Crippen LogP contribution in [0.4, 0.5) is 0 Å². The Morgan fingerprint density at radius 2 is 1.81 bits per heavy atom. The Labute approximate surface area is 101 Å². The number of thiophene rings is 1. The van der Waals surface area contributed by atoms with Crippen LogP contribution in [0.3, 0.4) is 0 Å². The molecule has 1 heterocycles. The van der Waals surface area contributed by atoms with Crippen molar-refractivity contribution in [2.75, 3.05) is 0 Å². The molecule has 0 aliphatic heterocycles. The molecule has 0 saturated heterocycles. The van der Waals surface area contributed by atoms with Gasteiger partial charge in [-0.2, -0.15) is 0 Å². The lowest BCUT2D eigenvalue weighted by Gasteiger charge is -2.01. The van der Waals surface area contributed by atoms with Gasteiger partial charge < -0.3 is 5.73 Å². The number of rotatable bonds is 4. The molecule has 2 heteroatoms. The van der Waals surface area contributed by atoms with Crippen molar-refractivity contribution >= 4 is 11.3 Å². The van der Waals surface area contributed by atoms with Gasteiger partial charge >= 0.3 is 0 Å². The van der Waals surface area contributed by atoms with Gasteiger partial charge in [0.1, 0.15) is 0 Å². The summed E-state index contributed by atoms with van der Waals surface area (Å²) in [6.45, 7) is 2.85. The molecule has 0 saturated carbocycles. The molecular weight excluding hydrogens is 214 g/mol. The van der Waals surface area contributed by atoms with Crippen molar-refractivity contribution < 1.29 is 0 Å². The summed E-state index contributed by atoms with van der Waals surface area (Å²) in [7, 11) is 0. The van der Waals surface area contributed by atoms with Crippen LogP contribution >= 0.6 is 11.3 Å². The summed E-state index contributed by atoms with van der Waals surface area (Å²) < 4.78 is 0. The summed E-state index contributed by atoms with van der Waals surface area (Å²) in [5.74, 6) is 0. The van der Waals surface area contributed by atoms with Crippen LogP contribution in [0.25, 0.3) is 10.4 Å². The third kappa shape index (κ3) is 2.52. The maximum absolute atomic E-state index is 5.62. The Morgan fingerprint density at radius 3 is 2.38 bits per heavy atom. The number of aryl methyl sites for hydroxylation is 1. The van der Waals surface area contributed by atoms with Crippen LogP contribution in [0.15, 0.2) is 36.4 Å². The van der Waals surface area contributed by atoms with Gasteiger partial charge in [-0.25, -0.2) is 0 Å². The first kappa shape index (κ1) is 11.4. The average Bonchev–Trinajstić information content (AvgIpc) is 2.79. The predicted octanol–water partition coefficient (Wildman–Crippen LogP) is 3.83. The Hall–Kier alpha value is -1.12. The van der Waals surface area contributed by atoms with Crippen molar-refractivity contribution in [3.8, 4) is 10.4 Å². The fourth-order valence-electron chi connectivity index (χ4n) is 1.77. The van der Waals surface area contributed by atoms with Gasteiger partial charge in [0.25, 0.3) is 0 Å². The molecule has 1 nitrogen and oxygen atoms in total. The molecule has 0 radical (unpaired) electrons. The zero-order valence-electron chi connectivity index (χ0n) is 9.57. The van der Waals surface area contributed by atoms with E-state index in [0.717, 1.165) is 0 Å². The van der Waals surface area contributed by atoms with Crippen LogP contribution < -0.4 is 5.73 Å². The second-order valence-corrected chi connectivity index (χ2v) is 5.09. The average molecular weight is 231 g/mol. The van der Waals surface area contributed by atoms with Crippen molar-refractivity contribution in [2.45, 2.75) is 26.3 Å². The number of hydrogen-bond acceptors (Lipinski definition) is 2. The van der Waals surface area contributed by atoms with Gasteiger partial charge in [0.2, 0.25) is 0 Å². The first-order chi connectivity index (χ1) is 7.83. The van der Waals surface area contributed by atoms with Crippen LogP contribution in [-0.4, -0.2) is 0 Å². The van der Waals surface area contributed by atoms with Gasteiger partial charge in [-0.3, -0.25) is 0 Å². The van der Waals surface area contributed by atoms with E-state index in [9.17, 15) is 0 Å². The van der Waals surface area contributed by atoms with Crippen LogP contribution in [-0.2, 0) is 13.0 Å². The fraction of sp³-hybridized carbons (Fsp3) is 0.286. The lowest BCUT2D eigenvalue weighted by Crippen LogP contribution is -1.90. The van der Waals surface area contributed by atoms with Crippen molar-refractivity contribution in [2.24, 2.45) is 5.73 Å². The molecule has 0 aliphatic rings. The Bertz CT molecular complexity index is 442. The zero-order chi connectivity index (χ0) is 11.4. The highest BCUT2D eigenvalue weighted by Gasteiger charge is 2.01. The highest BCUT2D eigenvalue weighted by molar-refractivity contribution is 7.15. The molecule has 2 rings (SSSR count). The topological polar surface area (TPSA) is 26.0 Å². The summed E-state index contributed by atoms with van der Waals surface area (Å²) in [6.07, 6.45) is 2.37. The molecule has 0 fully saturated rings. The molecule has 1 aromatic heterocycles. The van der Waals surface area contributed by atoms with Gasteiger partial charge in [-0.1, -0.05) is 37.6 Å². The van der Waals surface area contributed by atoms with Crippen LogP contribution in [0.2, 0.25) is 0 Å². The third-order valence-corrected chi connectivity index (χ3v) is 3.80. The number of nitrogens with two attached hydrogens (primary N) is 1. The Balaban J connectivity index is 2.20. The smallest absolute Gasteiger partial charge is 0.0346 e. The minimum atomic E-state index is 0.637. The third-order valence-electron chi connectivity index (χ3n) is 2.64. The summed E-state index contributed by atoms with van der Waals surface area (Å²) in [6, 6.07) is 13.1. The summed E-state index contributed by atoms with van der Waals surface area (Å²) in [4.78, 5) is 2.55. The molecule has 1 aromatic carbocycles. The first-order valence-corrected chi connectivity index (χ1v) is 6.53. The van der Waals surface area contributed by atoms with Gasteiger partial charge in [0.05, 0.1) is 0 Å². The number of hydrogen-bond donors (Lipinski definition) is 1. The monoisotopic (exact) mass is 231 g/mol. The SMILES string of the molecule is CCCc1ccc(-c2ccc(CN)s2)cc1. The normalized spacial score (nSPS) is 10.6. The lowest BCUT2D eigenvalue weighted by molar-refractivity contribution is 0.922. The van der Waals surface area contributed by atoms with Gasteiger partial charge in [-0.15, -0.1) is 11.3 Å². The minimum absolute atomic E-state index is 0.637. The Morgan fingerprint density at radius 1 is 1.06 bits per heavy atom. The molecule has 2 N–H and O–H groups in total. The summed E-state index contributed by atoms with van der Waals surface area (Å²) in [5, 5.41) is 0. The van der Waals surface area contributed by atoms with E-state index in [1.807, 2.05) is 0 Å². The lowest BCUT2D eigenvalue weighted by atomic mass is 10.1. The number of benzene rings is 1. The van der Waals surface area contributed by atoms with Gasteiger partial charge in [-0.05, 0) is 29.7 Å². The van der Waals surface area contributed by atoms with Crippen molar-refractivity contribution in [1.29, 1.82) is 0 Å². The maximum Gasteiger partial charge on any atom is 0.0346 e. The zero-order valence-corrected chi connectivity index (χ0v) is 10.4. The predicted molar refractivity (Wildman–Crippen MR) is 71.6 cm³/mol. The van der Waals surface area contributed by atoms with E-state index < -0.39 is 0 Å². The fourth-order valence-corrected chi connectivity index (χ4v) is 2.66. The van der Waals surface area contributed by atoms with E-state index in [4.69, 9.17) is 5.73 Å².